The van der Waals surface area contributed by atoms with Crippen molar-refractivity contribution >= 4 is 49.6 Å². The van der Waals surface area contributed by atoms with Gasteiger partial charge in [-0.1, -0.05) is 18.2 Å². The second-order valence-electron chi connectivity index (χ2n) is 6.63. The molecule has 2 N–H and O–H groups in total. The van der Waals surface area contributed by atoms with Gasteiger partial charge in [-0.3, -0.25) is 0 Å². The molecule has 0 radical (unpaired) electrons. The summed E-state index contributed by atoms with van der Waals surface area (Å²) in [5.74, 6) is 1.02. The van der Waals surface area contributed by atoms with Crippen LogP contribution >= 0.6 is 0 Å². The van der Waals surface area contributed by atoms with Crippen LogP contribution in [-0.4, -0.2) is 29.8 Å². The zero-order valence-corrected chi connectivity index (χ0v) is 14.4. The Labute approximate surface area is 152 Å². The number of fused-ring (bicyclic) bond motifs is 8. The number of methoxy groups -OCH3 is 1. The molecular formula is C21H14N2O4. The van der Waals surface area contributed by atoms with Crippen LogP contribution in [0.5, 0.6) is 11.5 Å². The number of ether oxygens (including phenoxy) is 3. The molecule has 0 aliphatic carbocycles. The molecule has 6 nitrogen and oxygen atoms in total. The molecule has 27 heavy (non-hydrogen) atoms. The standard InChI is InChI=1S/C21H14N2O4/c1-25-21(24)13-6-11-10-4-2-3-5-14(10)22-19(11)18-12-7-16-17(27-9-26-16)8-15(12)23-20(13)18/h2-8,22-23H,9H2,1H3. The van der Waals surface area contributed by atoms with Crippen LogP contribution in [-0.2, 0) is 4.74 Å². The van der Waals surface area contributed by atoms with E-state index < -0.39 is 0 Å². The first-order valence-electron chi connectivity index (χ1n) is 8.61. The largest absolute Gasteiger partial charge is 0.465 e. The number of benzene rings is 3. The van der Waals surface area contributed by atoms with Crippen molar-refractivity contribution < 1.29 is 19.0 Å². The lowest BCUT2D eigenvalue weighted by atomic mass is 10.0. The highest BCUT2D eigenvalue weighted by Crippen LogP contribution is 2.42. The van der Waals surface area contributed by atoms with Gasteiger partial charge in [-0.2, -0.15) is 0 Å². The normalized spacial score (nSPS) is 13.2. The second-order valence-corrected chi connectivity index (χ2v) is 6.63. The van der Waals surface area contributed by atoms with E-state index >= 15 is 0 Å². The minimum atomic E-state index is -0.376. The fourth-order valence-electron chi connectivity index (χ4n) is 4.04. The minimum absolute atomic E-state index is 0.217. The monoisotopic (exact) mass is 358 g/mol. The number of aromatic amines is 2. The van der Waals surface area contributed by atoms with Gasteiger partial charge < -0.3 is 24.2 Å². The Morgan fingerprint density at radius 1 is 0.926 bits per heavy atom. The van der Waals surface area contributed by atoms with Gasteiger partial charge in [0.1, 0.15) is 0 Å². The molecule has 6 heteroatoms. The molecule has 2 aromatic heterocycles. The SMILES string of the molecule is COC(=O)c1cc2c3ccccc3[nH]c2c2c1[nH]c1cc3c(cc12)OCO3. The molecule has 0 spiro atoms. The van der Waals surface area contributed by atoms with E-state index in [-0.39, 0.29) is 12.8 Å². The number of carbonyl (C=O) groups excluding carboxylic acids is 1. The third kappa shape index (κ3) is 1.81. The number of esters is 1. The van der Waals surface area contributed by atoms with Crippen molar-refractivity contribution in [3.63, 3.8) is 0 Å². The first-order chi connectivity index (χ1) is 13.2. The predicted molar refractivity (Wildman–Crippen MR) is 103 cm³/mol. The maximum Gasteiger partial charge on any atom is 0.340 e. The zero-order chi connectivity index (χ0) is 18.1. The first kappa shape index (κ1) is 14.5. The maximum atomic E-state index is 12.5. The number of hydrogen-bond donors (Lipinski definition) is 2. The van der Waals surface area contributed by atoms with E-state index in [1.54, 1.807) is 0 Å². The van der Waals surface area contributed by atoms with Gasteiger partial charge in [0.15, 0.2) is 11.5 Å². The van der Waals surface area contributed by atoms with Crippen molar-refractivity contribution in [2.45, 2.75) is 0 Å². The molecular weight excluding hydrogens is 344 g/mol. The Hall–Kier alpha value is -3.67. The molecule has 3 heterocycles. The Kier molecular flexibility index (Phi) is 2.65. The van der Waals surface area contributed by atoms with Gasteiger partial charge in [0.2, 0.25) is 6.79 Å². The van der Waals surface area contributed by atoms with E-state index in [9.17, 15) is 4.79 Å². The molecule has 1 aliphatic heterocycles. The summed E-state index contributed by atoms with van der Waals surface area (Å²) < 4.78 is 16.1. The maximum absolute atomic E-state index is 12.5. The van der Waals surface area contributed by atoms with Crippen molar-refractivity contribution in [2.24, 2.45) is 0 Å². The summed E-state index contributed by atoms with van der Waals surface area (Å²) in [7, 11) is 1.40. The van der Waals surface area contributed by atoms with Crippen molar-refractivity contribution in [3.8, 4) is 11.5 Å². The van der Waals surface area contributed by atoms with Crippen molar-refractivity contribution in [3.05, 3.63) is 48.0 Å². The number of H-pyrrole nitrogens is 2. The summed E-state index contributed by atoms with van der Waals surface area (Å²) in [6.45, 7) is 0.217. The first-order valence-corrected chi connectivity index (χ1v) is 8.61. The lowest BCUT2D eigenvalue weighted by molar-refractivity contribution is 0.0603. The van der Waals surface area contributed by atoms with Gasteiger partial charge in [0.05, 0.1) is 29.2 Å². The minimum Gasteiger partial charge on any atom is -0.465 e. The summed E-state index contributed by atoms with van der Waals surface area (Å²) in [5.41, 5.74) is 4.11. The smallest absolute Gasteiger partial charge is 0.340 e. The fraction of sp³-hybridized carbons (Fsp3) is 0.0952. The fourth-order valence-corrected chi connectivity index (χ4v) is 4.04. The van der Waals surface area contributed by atoms with E-state index in [1.165, 1.54) is 7.11 Å². The Morgan fingerprint density at radius 3 is 2.56 bits per heavy atom. The van der Waals surface area contributed by atoms with Gasteiger partial charge in [-0.05, 0) is 18.2 Å². The van der Waals surface area contributed by atoms with E-state index in [0.717, 1.165) is 43.6 Å². The van der Waals surface area contributed by atoms with Crippen molar-refractivity contribution in [1.29, 1.82) is 0 Å². The summed E-state index contributed by atoms with van der Waals surface area (Å²) >= 11 is 0. The molecule has 0 saturated heterocycles. The summed E-state index contributed by atoms with van der Waals surface area (Å²) in [6.07, 6.45) is 0. The quantitative estimate of drug-likeness (QED) is 0.434. The molecule has 0 saturated carbocycles. The van der Waals surface area contributed by atoms with Crippen LogP contribution in [0.3, 0.4) is 0 Å². The van der Waals surface area contributed by atoms with Gasteiger partial charge in [0.25, 0.3) is 0 Å². The molecule has 0 amide bonds. The van der Waals surface area contributed by atoms with Gasteiger partial charge in [-0.15, -0.1) is 0 Å². The average Bonchev–Trinajstić information content (AvgIpc) is 3.38. The van der Waals surface area contributed by atoms with Gasteiger partial charge in [0, 0.05) is 33.1 Å². The van der Waals surface area contributed by atoms with Crippen molar-refractivity contribution in [1.82, 2.24) is 9.97 Å². The number of carbonyl (C=O) groups is 1. The van der Waals surface area contributed by atoms with Crippen LogP contribution in [0, 0.1) is 0 Å². The Balaban J connectivity index is 1.87. The Bertz CT molecular complexity index is 1410. The highest BCUT2D eigenvalue weighted by molar-refractivity contribution is 6.28. The van der Waals surface area contributed by atoms with Crippen LogP contribution in [0.15, 0.2) is 42.5 Å². The van der Waals surface area contributed by atoms with E-state index in [2.05, 4.69) is 9.97 Å². The van der Waals surface area contributed by atoms with E-state index in [4.69, 9.17) is 14.2 Å². The molecule has 0 atom stereocenters. The van der Waals surface area contributed by atoms with Crippen LogP contribution < -0.4 is 9.47 Å². The number of rotatable bonds is 1. The second kappa shape index (κ2) is 4.94. The lowest BCUT2D eigenvalue weighted by Gasteiger charge is -2.03. The van der Waals surface area contributed by atoms with Crippen LogP contribution in [0.2, 0.25) is 0 Å². The average molecular weight is 358 g/mol. The lowest BCUT2D eigenvalue weighted by Crippen LogP contribution is -2.02. The number of para-hydroxylation sites is 1. The topological polar surface area (TPSA) is 76.3 Å². The molecule has 6 rings (SSSR count). The predicted octanol–water partition coefficient (Wildman–Crippen LogP) is 4.47. The van der Waals surface area contributed by atoms with Gasteiger partial charge >= 0.3 is 5.97 Å². The van der Waals surface area contributed by atoms with Gasteiger partial charge in [-0.25, -0.2) is 4.79 Å². The molecule has 3 aromatic carbocycles. The van der Waals surface area contributed by atoms with Crippen LogP contribution in [0.1, 0.15) is 10.4 Å². The zero-order valence-electron chi connectivity index (χ0n) is 14.4. The molecule has 0 fully saturated rings. The van der Waals surface area contributed by atoms with E-state index in [0.29, 0.717) is 17.1 Å². The molecule has 132 valence electrons. The third-order valence-corrected chi connectivity index (χ3v) is 5.25. The Morgan fingerprint density at radius 2 is 1.70 bits per heavy atom. The molecule has 0 bridgehead atoms. The van der Waals surface area contributed by atoms with Crippen LogP contribution in [0.4, 0.5) is 0 Å². The summed E-state index contributed by atoms with van der Waals surface area (Å²) in [4.78, 5) is 19.4. The molecule has 1 aliphatic rings. The summed E-state index contributed by atoms with van der Waals surface area (Å²) in [6, 6.07) is 13.8. The number of nitrogens with one attached hydrogen (secondary N) is 2. The highest BCUT2D eigenvalue weighted by Gasteiger charge is 2.23. The number of hydrogen-bond acceptors (Lipinski definition) is 4. The number of aromatic nitrogens is 2. The molecule has 0 unspecified atom stereocenters. The highest BCUT2D eigenvalue weighted by atomic mass is 16.7. The van der Waals surface area contributed by atoms with Crippen LogP contribution in [0.25, 0.3) is 43.6 Å². The molecule has 5 aromatic rings. The third-order valence-electron chi connectivity index (χ3n) is 5.25. The van der Waals surface area contributed by atoms with E-state index in [1.807, 2.05) is 42.5 Å². The summed E-state index contributed by atoms with van der Waals surface area (Å²) in [5, 5.41) is 3.96. The van der Waals surface area contributed by atoms with Crippen molar-refractivity contribution in [2.75, 3.05) is 13.9 Å².